The van der Waals surface area contributed by atoms with E-state index in [-0.39, 0.29) is 29.6 Å². The molecular formula is C16H23NaO2. The van der Waals surface area contributed by atoms with Gasteiger partial charge in [0.15, 0.2) is 0 Å². The van der Waals surface area contributed by atoms with Gasteiger partial charge in [0.05, 0.1) is 0 Å². The smallest absolute Gasteiger partial charge is 0.550 e. The van der Waals surface area contributed by atoms with Crippen LogP contribution in [-0.4, -0.2) is 5.97 Å². The Kier molecular flexibility index (Phi) is 4.05. The van der Waals surface area contributed by atoms with Crippen molar-refractivity contribution in [3.63, 3.8) is 0 Å². The van der Waals surface area contributed by atoms with Crippen molar-refractivity contribution < 1.29 is 39.5 Å². The van der Waals surface area contributed by atoms with E-state index >= 15 is 0 Å². The van der Waals surface area contributed by atoms with Gasteiger partial charge >= 0.3 is 29.6 Å². The van der Waals surface area contributed by atoms with Crippen LogP contribution in [0.15, 0.2) is 0 Å². The SMILES string of the molecule is O=C([O-])CC1CC2CC3CCC4CC3C(C2)C1C4.[Na+]. The minimum Gasteiger partial charge on any atom is -0.550 e. The predicted molar refractivity (Wildman–Crippen MR) is 66.4 cm³/mol. The summed E-state index contributed by atoms with van der Waals surface area (Å²) in [4.78, 5) is 11.0. The standard InChI is InChI=1S/C16H24O2.Na/c17-16(18)8-12-4-10-3-11-2-1-9-5-13(11)15(7-10)14(12)6-9;/h9-15H,1-8H2,(H,17,18);/q;+1/p-1. The maximum Gasteiger partial charge on any atom is 1.00 e. The minimum atomic E-state index is -0.813. The summed E-state index contributed by atoms with van der Waals surface area (Å²) in [6, 6.07) is 0. The molecule has 19 heavy (non-hydrogen) atoms. The third-order valence-electron chi connectivity index (χ3n) is 6.77. The Bertz CT molecular complexity index is 368. The van der Waals surface area contributed by atoms with E-state index in [0.29, 0.717) is 12.3 Å². The molecule has 0 aromatic rings. The summed E-state index contributed by atoms with van der Waals surface area (Å²) < 4.78 is 0. The third kappa shape index (κ3) is 2.42. The molecule has 0 saturated heterocycles. The van der Waals surface area contributed by atoms with E-state index in [1.165, 1.54) is 44.9 Å². The maximum atomic E-state index is 11.0. The molecule has 2 nitrogen and oxygen atoms in total. The fraction of sp³-hybridized carbons (Fsp3) is 0.938. The summed E-state index contributed by atoms with van der Waals surface area (Å²) in [6.07, 6.45) is 10.0. The molecule has 3 heteroatoms. The first-order chi connectivity index (χ1) is 8.70. The number of rotatable bonds is 2. The van der Waals surface area contributed by atoms with Crippen LogP contribution >= 0.6 is 0 Å². The summed E-state index contributed by atoms with van der Waals surface area (Å²) >= 11 is 0. The van der Waals surface area contributed by atoms with Crippen LogP contribution in [0.2, 0.25) is 0 Å². The van der Waals surface area contributed by atoms with Gasteiger partial charge in [0.25, 0.3) is 0 Å². The van der Waals surface area contributed by atoms with Gasteiger partial charge in [0.2, 0.25) is 0 Å². The Balaban J connectivity index is 0.00000110. The van der Waals surface area contributed by atoms with E-state index in [9.17, 15) is 9.90 Å². The molecule has 0 aromatic heterocycles. The van der Waals surface area contributed by atoms with Gasteiger partial charge in [-0.2, -0.15) is 0 Å². The van der Waals surface area contributed by atoms with E-state index in [1.54, 1.807) is 0 Å². The molecule has 4 fully saturated rings. The number of carbonyl (C=O) groups excluding carboxylic acids is 1. The Hall–Kier alpha value is 0.470. The molecule has 4 saturated carbocycles. The number of carboxylic acids is 1. The quantitative estimate of drug-likeness (QED) is 0.618. The molecule has 4 bridgehead atoms. The van der Waals surface area contributed by atoms with Gasteiger partial charge < -0.3 is 9.90 Å². The second-order valence-corrected chi connectivity index (χ2v) is 7.58. The van der Waals surface area contributed by atoms with Gasteiger partial charge in [0, 0.05) is 5.97 Å². The first kappa shape index (κ1) is 14.4. The molecule has 100 valence electrons. The predicted octanol–water partition coefficient (Wildman–Crippen LogP) is -0.771. The molecule has 0 radical (unpaired) electrons. The van der Waals surface area contributed by atoms with Crippen LogP contribution in [0.1, 0.15) is 51.4 Å². The summed E-state index contributed by atoms with van der Waals surface area (Å²) in [5.74, 6) is 4.96. The molecule has 0 aromatic carbocycles. The summed E-state index contributed by atoms with van der Waals surface area (Å²) in [5.41, 5.74) is 0. The first-order valence-electron chi connectivity index (χ1n) is 7.90. The molecule has 0 amide bonds. The van der Waals surface area contributed by atoms with E-state index < -0.39 is 5.97 Å². The van der Waals surface area contributed by atoms with Crippen molar-refractivity contribution in [3.8, 4) is 0 Å². The fourth-order valence-corrected chi connectivity index (χ4v) is 6.31. The molecular weight excluding hydrogens is 247 g/mol. The zero-order chi connectivity index (χ0) is 12.3. The zero-order valence-electron chi connectivity index (χ0n) is 12.0. The molecule has 0 aliphatic heterocycles. The monoisotopic (exact) mass is 270 g/mol. The second kappa shape index (κ2) is 5.35. The molecule has 7 unspecified atom stereocenters. The van der Waals surface area contributed by atoms with Gasteiger partial charge in [-0.3, -0.25) is 0 Å². The maximum absolute atomic E-state index is 11.0. The molecule has 0 N–H and O–H groups in total. The van der Waals surface area contributed by atoms with Crippen LogP contribution in [0.25, 0.3) is 0 Å². The van der Waals surface area contributed by atoms with Crippen molar-refractivity contribution in [1.29, 1.82) is 0 Å². The molecule has 0 spiro atoms. The first-order valence-corrected chi connectivity index (χ1v) is 7.90. The van der Waals surface area contributed by atoms with Crippen LogP contribution < -0.4 is 34.7 Å². The summed E-state index contributed by atoms with van der Waals surface area (Å²) in [5, 5.41) is 11.0. The van der Waals surface area contributed by atoms with E-state index in [0.717, 1.165) is 35.5 Å². The second-order valence-electron chi connectivity index (χ2n) is 7.58. The molecule has 4 rings (SSSR count). The zero-order valence-corrected chi connectivity index (χ0v) is 14.0. The van der Waals surface area contributed by atoms with Crippen LogP contribution in [0.4, 0.5) is 0 Å². The molecule has 7 atom stereocenters. The third-order valence-corrected chi connectivity index (χ3v) is 6.77. The van der Waals surface area contributed by atoms with Crippen molar-refractivity contribution >= 4 is 5.97 Å². The number of carbonyl (C=O) groups is 1. The number of aliphatic carboxylic acids is 1. The largest absolute Gasteiger partial charge is 1.00 e. The Morgan fingerprint density at radius 3 is 2.42 bits per heavy atom. The summed E-state index contributed by atoms with van der Waals surface area (Å²) in [7, 11) is 0. The van der Waals surface area contributed by atoms with Crippen molar-refractivity contribution in [2.75, 3.05) is 0 Å². The van der Waals surface area contributed by atoms with Crippen LogP contribution in [0, 0.1) is 41.4 Å². The number of hydrogen-bond donors (Lipinski definition) is 0. The van der Waals surface area contributed by atoms with Crippen molar-refractivity contribution in [2.24, 2.45) is 41.4 Å². The Morgan fingerprint density at radius 1 is 0.895 bits per heavy atom. The number of hydrogen-bond acceptors (Lipinski definition) is 2. The Morgan fingerprint density at radius 2 is 1.63 bits per heavy atom. The van der Waals surface area contributed by atoms with E-state index in [1.807, 2.05) is 0 Å². The van der Waals surface area contributed by atoms with Crippen LogP contribution in [-0.2, 0) is 4.79 Å². The van der Waals surface area contributed by atoms with Crippen molar-refractivity contribution in [2.45, 2.75) is 51.4 Å². The van der Waals surface area contributed by atoms with E-state index in [4.69, 9.17) is 0 Å². The molecule has 0 heterocycles. The minimum absolute atomic E-state index is 0. The van der Waals surface area contributed by atoms with Gasteiger partial charge in [-0.05, 0) is 86.4 Å². The normalized spacial score (nSPS) is 50.4. The van der Waals surface area contributed by atoms with Gasteiger partial charge in [-0.25, -0.2) is 0 Å². The number of carboxylic acid groups (broad SMARTS) is 1. The summed E-state index contributed by atoms with van der Waals surface area (Å²) in [6.45, 7) is 0. The molecule has 4 aliphatic carbocycles. The average molecular weight is 270 g/mol. The fourth-order valence-electron chi connectivity index (χ4n) is 6.31. The van der Waals surface area contributed by atoms with Crippen LogP contribution in [0.5, 0.6) is 0 Å². The van der Waals surface area contributed by atoms with Crippen LogP contribution in [0.3, 0.4) is 0 Å². The van der Waals surface area contributed by atoms with E-state index in [2.05, 4.69) is 0 Å². The van der Waals surface area contributed by atoms with Gasteiger partial charge in [-0.15, -0.1) is 0 Å². The number of fused-ring (bicyclic) bond motifs is 2. The van der Waals surface area contributed by atoms with Gasteiger partial charge in [-0.1, -0.05) is 6.42 Å². The Labute approximate surface area is 138 Å². The molecule has 4 aliphatic rings. The topological polar surface area (TPSA) is 40.1 Å². The van der Waals surface area contributed by atoms with Crippen molar-refractivity contribution in [3.05, 3.63) is 0 Å². The van der Waals surface area contributed by atoms with Gasteiger partial charge in [0.1, 0.15) is 0 Å². The average Bonchev–Trinajstić information content (AvgIpc) is 2.35. The van der Waals surface area contributed by atoms with Crippen molar-refractivity contribution in [1.82, 2.24) is 0 Å².